The molecule has 0 aliphatic carbocycles. The van der Waals surface area contributed by atoms with Gasteiger partial charge in [-0.2, -0.15) is 5.26 Å². The second-order valence-electron chi connectivity index (χ2n) is 4.13. The fraction of sp³-hybridized carbons (Fsp3) is 0.188. The van der Waals surface area contributed by atoms with Crippen molar-refractivity contribution >= 4 is 0 Å². The maximum absolute atomic E-state index is 13.0. The Hall–Kier alpha value is -2.74. The summed E-state index contributed by atoms with van der Waals surface area (Å²) in [6.07, 6.45) is 0. The van der Waals surface area contributed by atoms with Crippen LogP contribution in [0.2, 0.25) is 0 Å². The number of nitriles is 1. The molecule has 0 unspecified atom stereocenters. The van der Waals surface area contributed by atoms with Crippen LogP contribution >= 0.6 is 0 Å². The lowest BCUT2D eigenvalue weighted by atomic mass is 10.2. The van der Waals surface area contributed by atoms with Crippen molar-refractivity contribution in [1.29, 1.82) is 5.26 Å². The number of nitrogens with zero attached hydrogens (tertiary/aromatic N) is 1. The summed E-state index contributed by atoms with van der Waals surface area (Å²) in [5.41, 5.74) is 0.496. The summed E-state index contributed by atoms with van der Waals surface area (Å²) in [7, 11) is 1.51. The van der Waals surface area contributed by atoms with Gasteiger partial charge >= 0.3 is 0 Å². The Morgan fingerprint density at radius 3 is 2.57 bits per heavy atom. The molecule has 0 N–H and O–H groups in total. The van der Waals surface area contributed by atoms with Crippen LogP contribution in [0.4, 0.5) is 4.39 Å². The third-order valence-electron chi connectivity index (χ3n) is 2.70. The quantitative estimate of drug-likeness (QED) is 0.766. The van der Waals surface area contributed by atoms with Gasteiger partial charge in [-0.3, -0.25) is 0 Å². The Morgan fingerprint density at radius 1 is 1.05 bits per heavy atom. The molecule has 21 heavy (non-hydrogen) atoms. The summed E-state index contributed by atoms with van der Waals surface area (Å²) in [5, 5.41) is 8.81. The van der Waals surface area contributed by atoms with E-state index in [9.17, 15) is 4.39 Å². The first-order chi connectivity index (χ1) is 10.2. The maximum Gasteiger partial charge on any atom is 0.162 e. The second-order valence-corrected chi connectivity index (χ2v) is 4.13. The minimum atomic E-state index is -0.345. The molecule has 0 amide bonds. The molecule has 108 valence electrons. The molecule has 0 atom stereocenters. The van der Waals surface area contributed by atoms with Crippen molar-refractivity contribution in [1.82, 2.24) is 0 Å². The molecule has 4 nitrogen and oxygen atoms in total. The van der Waals surface area contributed by atoms with Gasteiger partial charge in [0.05, 0.1) is 18.7 Å². The lowest BCUT2D eigenvalue weighted by Gasteiger charge is -2.11. The fourth-order valence-electron chi connectivity index (χ4n) is 1.72. The Bertz CT molecular complexity index is 652. The van der Waals surface area contributed by atoms with Crippen molar-refractivity contribution in [3.63, 3.8) is 0 Å². The van der Waals surface area contributed by atoms with Crippen molar-refractivity contribution < 1.29 is 18.6 Å². The van der Waals surface area contributed by atoms with Crippen LogP contribution in [0, 0.1) is 17.1 Å². The van der Waals surface area contributed by atoms with Crippen molar-refractivity contribution in [2.24, 2.45) is 0 Å². The molecule has 0 fully saturated rings. The third kappa shape index (κ3) is 4.11. The molecule has 0 aliphatic rings. The van der Waals surface area contributed by atoms with E-state index < -0.39 is 0 Å². The Labute approximate surface area is 122 Å². The predicted octanol–water partition coefficient (Wildman–Crippen LogP) is 3.16. The van der Waals surface area contributed by atoms with Crippen LogP contribution in [0.1, 0.15) is 5.56 Å². The van der Waals surface area contributed by atoms with Crippen LogP contribution in [0.25, 0.3) is 0 Å². The average Bonchev–Trinajstić information content (AvgIpc) is 2.51. The SMILES string of the molecule is COc1cc(C#N)ccc1OCCOc1cccc(F)c1. The molecule has 2 rings (SSSR count). The number of benzene rings is 2. The smallest absolute Gasteiger partial charge is 0.162 e. The van der Waals surface area contributed by atoms with Gasteiger partial charge in [-0.25, -0.2) is 4.39 Å². The van der Waals surface area contributed by atoms with E-state index in [1.165, 1.54) is 19.2 Å². The number of rotatable bonds is 6. The van der Waals surface area contributed by atoms with Gasteiger partial charge in [0.25, 0.3) is 0 Å². The molecule has 2 aromatic carbocycles. The van der Waals surface area contributed by atoms with Gasteiger partial charge in [0.15, 0.2) is 11.5 Å². The standard InChI is InChI=1S/C16H14FNO3/c1-19-16-9-12(11-18)5-6-15(16)21-8-7-20-14-4-2-3-13(17)10-14/h2-6,9-10H,7-8H2,1H3. The highest BCUT2D eigenvalue weighted by Crippen LogP contribution is 2.27. The van der Waals surface area contributed by atoms with E-state index in [0.717, 1.165) is 0 Å². The van der Waals surface area contributed by atoms with Gasteiger partial charge in [-0.15, -0.1) is 0 Å². The van der Waals surface area contributed by atoms with Crippen molar-refractivity contribution in [3.8, 4) is 23.3 Å². The van der Waals surface area contributed by atoms with Crippen molar-refractivity contribution in [3.05, 3.63) is 53.8 Å². The minimum Gasteiger partial charge on any atom is -0.493 e. The van der Waals surface area contributed by atoms with E-state index in [1.807, 2.05) is 6.07 Å². The van der Waals surface area contributed by atoms with Crippen LogP contribution in [0.15, 0.2) is 42.5 Å². The highest BCUT2D eigenvalue weighted by Gasteiger charge is 2.05. The van der Waals surface area contributed by atoms with E-state index in [0.29, 0.717) is 22.8 Å². The first-order valence-corrected chi connectivity index (χ1v) is 6.32. The maximum atomic E-state index is 13.0. The first kappa shape index (κ1) is 14.7. The van der Waals surface area contributed by atoms with Gasteiger partial charge < -0.3 is 14.2 Å². The molecule has 0 aromatic heterocycles. The summed E-state index contributed by atoms with van der Waals surface area (Å²) < 4.78 is 29.0. The first-order valence-electron chi connectivity index (χ1n) is 6.32. The van der Waals surface area contributed by atoms with Gasteiger partial charge in [0.1, 0.15) is 24.8 Å². The highest BCUT2D eigenvalue weighted by atomic mass is 19.1. The monoisotopic (exact) mass is 287 g/mol. The zero-order valence-electron chi connectivity index (χ0n) is 11.5. The molecular weight excluding hydrogens is 273 g/mol. The molecule has 0 aliphatic heterocycles. The number of methoxy groups -OCH3 is 1. The molecule has 0 bridgehead atoms. The lowest BCUT2D eigenvalue weighted by molar-refractivity contribution is 0.211. The van der Waals surface area contributed by atoms with E-state index >= 15 is 0 Å². The van der Waals surface area contributed by atoms with Gasteiger partial charge in [-0.1, -0.05) is 6.07 Å². The van der Waals surface area contributed by atoms with E-state index in [4.69, 9.17) is 19.5 Å². The number of ether oxygens (including phenoxy) is 3. The average molecular weight is 287 g/mol. The zero-order chi connectivity index (χ0) is 15.1. The number of hydrogen-bond donors (Lipinski definition) is 0. The summed E-state index contributed by atoms with van der Waals surface area (Å²) in [4.78, 5) is 0. The fourth-order valence-corrected chi connectivity index (χ4v) is 1.72. The second kappa shape index (κ2) is 7.15. The van der Waals surface area contributed by atoms with Crippen molar-refractivity contribution in [2.45, 2.75) is 0 Å². The molecular formula is C16H14FNO3. The van der Waals surface area contributed by atoms with Crippen LogP contribution < -0.4 is 14.2 Å². The number of halogens is 1. The minimum absolute atomic E-state index is 0.270. The Morgan fingerprint density at radius 2 is 1.86 bits per heavy atom. The largest absolute Gasteiger partial charge is 0.493 e. The van der Waals surface area contributed by atoms with E-state index in [2.05, 4.69) is 0 Å². The van der Waals surface area contributed by atoms with Crippen molar-refractivity contribution in [2.75, 3.05) is 20.3 Å². The van der Waals surface area contributed by atoms with Crippen LogP contribution in [-0.4, -0.2) is 20.3 Å². The molecule has 0 saturated carbocycles. The molecule has 0 spiro atoms. The summed E-state index contributed by atoms with van der Waals surface area (Å²) in [5.74, 6) is 1.12. The molecule has 0 saturated heterocycles. The summed E-state index contributed by atoms with van der Waals surface area (Å²) >= 11 is 0. The van der Waals surface area contributed by atoms with Gasteiger partial charge in [-0.05, 0) is 24.3 Å². The van der Waals surface area contributed by atoms with Crippen LogP contribution in [0.3, 0.4) is 0 Å². The normalized spacial score (nSPS) is 9.76. The molecule has 2 aromatic rings. The predicted molar refractivity (Wildman–Crippen MR) is 75.1 cm³/mol. The molecule has 0 heterocycles. The topological polar surface area (TPSA) is 51.5 Å². The number of hydrogen-bond acceptors (Lipinski definition) is 4. The highest BCUT2D eigenvalue weighted by molar-refractivity contribution is 5.46. The summed E-state index contributed by atoms with van der Waals surface area (Å²) in [6, 6.07) is 12.8. The Balaban J connectivity index is 1.87. The summed E-state index contributed by atoms with van der Waals surface area (Å²) in [6.45, 7) is 0.547. The lowest BCUT2D eigenvalue weighted by Crippen LogP contribution is -2.09. The van der Waals surface area contributed by atoms with Crippen LogP contribution in [-0.2, 0) is 0 Å². The zero-order valence-corrected chi connectivity index (χ0v) is 11.5. The van der Waals surface area contributed by atoms with Gasteiger partial charge in [0.2, 0.25) is 0 Å². The molecule has 0 radical (unpaired) electrons. The molecule has 5 heteroatoms. The van der Waals surface area contributed by atoms with E-state index in [-0.39, 0.29) is 19.0 Å². The van der Waals surface area contributed by atoms with Gasteiger partial charge in [0, 0.05) is 12.1 Å². The van der Waals surface area contributed by atoms with Crippen LogP contribution in [0.5, 0.6) is 17.2 Å². The third-order valence-corrected chi connectivity index (χ3v) is 2.70. The van der Waals surface area contributed by atoms with E-state index in [1.54, 1.807) is 30.3 Å². The Kier molecular flexibility index (Phi) is 4.99.